The van der Waals surface area contributed by atoms with Crippen LogP contribution in [0.1, 0.15) is 20.3 Å². The summed E-state index contributed by atoms with van der Waals surface area (Å²) >= 11 is 12.0. The molecule has 0 radical (unpaired) electrons. The van der Waals surface area contributed by atoms with Crippen LogP contribution in [-0.2, 0) is 4.79 Å². The number of benzene rings is 1. The Bertz CT molecular complexity index is 421. The van der Waals surface area contributed by atoms with E-state index >= 15 is 0 Å². The van der Waals surface area contributed by atoms with Crippen molar-refractivity contribution in [3.8, 4) is 0 Å². The number of carboxylic acids is 1. The van der Waals surface area contributed by atoms with E-state index in [2.05, 4.69) is 13.8 Å². The van der Waals surface area contributed by atoms with Crippen LogP contribution in [0.4, 0.5) is 5.69 Å². The summed E-state index contributed by atoms with van der Waals surface area (Å²) in [7, 11) is 0. The summed E-state index contributed by atoms with van der Waals surface area (Å²) in [6.07, 6.45) is 0.0890. The van der Waals surface area contributed by atoms with Gasteiger partial charge in [-0.05, 0) is 24.1 Å². The van der Waals surface area contributed by atoms with E-state index < -0.39 is 5.97 Å². The lowest BCUT2D eigenvalue weighted by Gasteiger charge is -2.27. The molecule has 0 aliphatic rings. The van der Waals surface area contributed by atoms with Crippen molar-refractivity contribution >= 4 is 34.9 Å². The van der Waals surface area contributed by atoms with Gasteiger partial charge in [0.1, 0.15) is 0 Å². The number of carboxylic acid groups (broad SMARTS) is 1. The molecule has 1 aromatic carbocycles. The number of hydrogen-bond donors (Lipinski definition) is 1. The molecule has 18 heavy (non-hydrogen) atoms. The molecule has 0 spiro atoms. The molecule has 3 nitrogen and oxygen atoms in total. The van der Waals surface area contributed by atoms with Gasteiger partial charge >= 0.3 is 5.97 Å². The smallest absolute Gasteiger partial charge is 0.305 e. The molecule has 0 saturated carbocycles. The van der Waals surface area contributed by atoms with E-state index in [9.17, 15) is 4.79 Å². The summed E-state index contributed by atoms with van der Waals surface area (Å²) in [6, 6.07) is 5.26. The van der Waals surface area contributed by atoms with E-state index in [0.29, 0.717) is 22.5 Å². The van der Waals surface area contributed by atoms with E-state index in [1.165, 1.54) is 0 Å². The van der Waals surface area contributed by atoms with Gasteiger partial charge in [0.2, 0.25) is 0 Å². The summed E-state index contributed by atoms with van der Waals surface area (Å²) in [5, 5.41) is 9.90. The van der Waals surface area contributed by atoms with Crippen molar-refractivity contribution in [1.29, 1.82) is 0 Å². The third-order valence-corrected chi connectivity index (χ3v) is 2.97. The summed E-state index contributed by atoms with van der Waals surface area (Å²) in [4.78, 5) is 12.7. The molecule has 1 aromatic rings. The van der Waals surface area contributed by atoms with Crippen LogP contribution in [0.5, 0.6) is 0 Å². The van der Waals surface area contributed by atoms with Crippen molar-refractivity contribution in [2.75, 3.05) is 18.0 Å². The van der Waals surface area contributed by atoms with Crippen LogP contribution in [-0.4, -0.2) is 24.2 Å². The first-order valence-corrected chi connectivity index (χ1v) is 6.57. The molecule has 0 aliphatic heterocycles. The summed E-state index contributed by atoms with van der Waals surface area (Å²) in [5.74, 6) is -0.389. The van der Waals surface area contributed by atoms with Gasteiger partial charge in [0.25, 0.3) is 0 Å². The second-order valence-corrected chi connectivity index (χ2v) is 5.42. The highest BCUT2D eigenvalue weighted by Gasteiger charge is 2.13. The van der Waals surface area contributed by atoms with Gasteiger partial charge in [0.05, 0.1) is 17.1 Å². The largest absolute Gasteiger partial charge is 0.481 e. The number of rotatable bonds is 6. The lowest BCUT2D eigenvalue weighted by Crippen LogP contribution is -2.30. The molecule has 0 heterocycles. The number of hydrogen-bond acceptors (Lipinski definition) is 2. The maximum Gasteiger partial charge on any atom is 0.305 e. The van der Waals surface area contributed by atoms with Gasteiger partial charge < -0.3 is 10.0 Å². The monoisotopic (exact) mass is 289 g/mol. The van der Waals surface area contributed by atoms with Crippen molar-refractivity contribution in [1.82, 2.24) is 0 Å². The van der Waals surface area contributed by atoms with E-state index in [1.807, 2.05) is 11.0 Å². The van der Waals surface area contributed by atoms with Crippen LogP contribution < -0.4 is 4.90 Å². The van der Waals surface area contributed by atoms with Gasteiger partial charge in [-0.25, -0.2) is 0 Å². The maximum atomic E-state index is 10.7. The molecule has 0 bridgehead atoms. The molecule has 0 fully saturated rings. The predicted octanol–water partition coefficient (Wildman–Crippen LogP) is 3.93. The molecular weight excluding hydrogens is 273 g/mol. The minimum Gasteiger partial charge on any atom is -0.481 e. The van der Waals surface area contributed by atoms with Gasteiger partial charge in [-0.2, -0.15) is 0 Å². The third-order valence-electron chi connectivity index (χ3n) is 2.43. The van der Waals surface area contributed by atoms with E-state index in [-0.39, 0.29) is 6.42 Å². The van der Waals surface area contributed by atoms with Crippen molar-refractivity contribution in [3.63, 3.8) is 0 Å². The molecule has 5 heteroatoms. The Hall–Kier alpha value is -0.930. The van der Waals surface area contributed by atoms with E-state index in [1.54, 1.807) is 12.1 Å². The van der Waals surface area contributed by atoms with Crippen molar-refractivity contribution in [2.45, 2.75) is 20.3 Å². The van der Waals surface area contributed by atoms with E-state index in [4.69, 9.17) is 28.3 Å². The SMILES string of the molecule is CC(C)CN(CCC(=O)O)c1ccc(Cl)cc1Cl. The Morgan fingerprint density at radius 1 is 1.39 bits per heavy atom. The van der Waals surface area contributed by atoms with Crippen LogP contribution in [0, 0.1) is 5.92 Å². The van der Waals surface area contributed by atoms with Crippen molar-refractivity contribution in [2.24, 2.45) is 5.92 Å². The highest BCUT2D eigenvalue weighted by molar-refractivity contribution is 6.36. The minimum atomic E-state index is -0.811. The fourth-order valence-electron chi connectivity index (χ4n) is 1.72. The Labute approximate surface area is 117 Å². The molecule has 0 amide bonds. The minimum absolute atomic E-state index is 0.0890. The van der Waals surface area contributed by atoms with E-state index in [0.717, 1.165) is 12.2 Å². The normalized spacial score (nSPS) is 10.7. The van der Waals surface area contributed by atoms with Crippen molar-refractivity contribution in [3.05, 3.63) is 28.2 Å². The maximum absolute atomic E-state index is 10.7. The van der Waals surface area contributed by atoms with Crippen LogP contribution in [0.3, 0.4) is 0 Å². The first-order valence-electron chi connectivity index (χ1n) is 5.82. The van der Waals surface area contributed by atoms with Crippen LogP contribution >= 0.6 is 23.2 Å². The summed E-state index contributed by atoms with van der Waals surface area (Å²) < 4.78 is 0. The van der Waals surface area contributed by atoms with Gasteiger partial charge in [0, 0.05) is 18.1 Å². The first-order chi connectivity index (χ1) is 8.40. The zero-order valence-corrected chi connectivity index (χ0v) is 12.0. The number of carbonyl (C=O) groups is 1. The molecule has 1 rings (SSSR count). The second-order valence-electron chi connectivity index (χ2n) is 4.58. The van der Waals surface area contributed by atoms with Crippen LogP contribution in [0.2, 0.25) is 10.0 Å². The summed E-state index contributed by atoms with van der Waals surface area (Å²) in [5.41, 5.74) is 0.830. The second kappa shape index (κ2) is 6.86. The molecule has 0 aromatic heterocycles. The average molecular weight is 290 g/mol. The number of aliphatic carboxylic acids is 1. The van der Waals surface area contributed by atoms with Crippen LogP contribution in [0.25, 0.3) is 0 Å². The Balaban J connectivity index is 2.89. The van der Waals surface area contributed by atoms with Crippen LogP contribution in [0.15, 0.2) is 18.2 Å². The standard InChI is InChI=1S/C13H17Cl2NO2/c1-9(2)8-16(6-5-13(17)18)12-4-3-10(14)7-11(12)15/h3-4,7,9H,5-6,8H2,1-2H3,(H,17,18). The average Bonchev–Trinajstić information content (AvgIpc) is 2.24. The molecule has 0 aliphatic carbocycles. The lowest BCUT2D eigenvalue weighted by atomic mass is 10.1. The molecule has 100 valence electrons. The third kappa shape index (κ3) is 4.75. The predicted molar refractivity (Wildman–Crippen MR) is 75.8 cm³/mol. The molecule has 0 saturated heterocycles. The van der Waals surface area contributed by atoms with Gasteiger partial charge in [0.15, 0.2) is 0 Å². The zero-order valence-electron chi connectivity index (χ0n) is 10.5. The van der Waals surface area contributed by atoms with Gasteiger partial charge in [-0.15, -0.1) is 0 Å². The first kappa shape index (κ1) is 15.1. The number of nitrogens with zero attached hydrogens (tertiary/aromatic N) is 1. The molecule has 1 N–H and O–H groups in total. The number of halogens is 2. The highest BCUT2D eigenvalue weighted by atomic mass is 35.5. The fourth-order valence-corrected chi connectivity index (χ4v) is 2.25. The Kier molecular flexibility index (Phi) is 5.76. The molecular formula is C13H17Cl2NO2. The lowest BCUT2D eigenvalue weighted by molar-refractivity contribution is -0.136. The van der Waals surface area contributed by atoms with Gasteiger partial charge in [-0.1, -0.05) is 37.0 Å². The molecule has 0 atom stereocenters. The topological polar surface area (TPSA) is 40.5 Å². The zero-order chi connectivity index (χ0) is 13.7. The molecule has 0 unspecified atom stereocenters. The Morgan fingerprint density at radius 3 is 2.56 bits per heavy atom. The Morgan fingerprint density at radius 2 is 2.06 bits per heavy atom. The highest BCUT2D eigenvalue weighted by Crippen LogP contribution is 2.29. The van der Waals surface area contributed by atoms with Crippen molar-refractivity contribution < 1.29 is 9.90 Å². The number of anilines is 1. The fraction of sp³-hybridized carbons (Fsp3) is 0.462. The summed E-state index contributed by atoms with van der Waals surface area (Å²) in [6.45, 7) is 5.36. The quantitative estimate of drug-likeness (QED) is 0.863. The van der Waals surface area contributed by atoms with Gasteiger partial charge in [-0.3, -0.25) is 4.79 Å².